The molecule has 22 heavy (non-hydrogen) atoms. The maximum absolute atomic E-state index is 12.1. The Labute approximate surface area is 148 Å². The van der Waals surface area contributed by atoms with Crippen molar-refractivity contribution in [1.82, 2.24) is 5.32 Å². The molecule has 0 bridgehead atoms. The molecule has 1 aromatic heterocycles. The van der Waals surface area contributed by atoms with Gasteiger partial charge in [-0.05, 0) is 17.0 Å². The molecular formula is C15H16Cl3N2OS+. The van der Waals surface area contributed by atoms with Crippen molar-refractivity contribution in [3.63, 3.8) is 0 Å². The summed E-state index contributed by atoms with van der Waals surface area (Å²) >= 11 is 19.3. The van der Waals surface area contributed by atoms with Crippen LogP contribution in [-0.2, 0) is 6.42 Å². The van der Waals surface area contributed by atoms with E-state index in [-0.39, 0.29) is 5.91 Å². The van der Waals surface area contributed by atoms with Gasteiger partial charge in [-0.25, -0.2) is 0 Å². The van der Waals surface area contributed by atoms with E-state index < -0.39 is 9.96 Å². The fourth-order valence-corrected chi connectivity index (χ4v) is 3.01. The molecule has 118 valence electrons. The Balaban J connectivity index is 1.91. The Kier molecular flexibility index (Phi) is 6.53. The molecule has 1 aromatic carbocycles. The maximum Gasteiger partial charge on any atom is 0.265 e. The predicted octanol–water partition coefficient (Wildman–Crippen LogP) is 2.98. The second-order valence-electron chi connectivity index (χ2n) is 4.73. The van der Waals surface area contributed by atoms with Gasteiger partial charge in [0, 0.05) is 6.42 Å². The van der Waals surface area contributed by atoms with Crippen LogP contribution < -0.4 is 10.6 Å². The molecule has 1 atom stereocenters. The van der Waals surface area contributed by atoms with Crippen molar-refractivity contribution in [2.24, 2.45) is 0 Å². The molecule has 1 heterocycles. The number of amides is 1. The third-order valence-electron chi connectivity index (χ3n) is 3.06. The summed E-state index contributed by atoms with van der Waals surface area (Å²) in [5.74, 6) is -0.234. The monoisotopic (exact) mass is 377 g/mol. The Morgan fingerprint density at radius 1 is 1.18 bits per heavy atom. The lowest BCUT2D eigenvalue weighted by Crippen LogP contribution is -2.96. The number of benzene rings is 1. The van der Waals surface area contributed by atoms with Gasteiger partial charge in [0.2, 0.25) is 6.17 Å². The highest BCUT2D eigenvalue weighted by molar-refractivity contribution is 7.12. The molecule has 3 N–H and O–H groups in total. The lowest BCUT2D eigenvalue weighted by atomic mass is 10.1. The highest BCUT2D eigenvalue weighted by Gasteiger charge is 2.37. The van der Waals surface area contributed by atoms with Crippen LogP contribution in [0.4, 0.5) is 0 Å². The first kappa shape index (κ1) is 17.6. The van der Waals surface area contributed by atoms with Gasteiger partial charge < -0.3 is 5.32 Å². The van der Waals surface area contributed by atoms with E-state index in [1.807, 2.05) is 47.1 Å². The molecule has 3 nitrogen and oxygen atoms in total. The van der Waals surface area contributed by atoms with Crippen LogP contribution in [0.15, 0.2) is 47.8 Å². The fraction of sp³-hybridized carbons (Fsp3) is 0.267. The number of nitrogens with one attached hydrogen (secondary N) is 1. The molecule has 0 unspecified atom stereocenters. The topological polar surface area (TPSA) is 45.7 Å². The lowest BCUT2D eigenvalue weighted by Gasteiger charge is -2.23. The molecule has 7 heteroatoms. The van der Waals surface area contributed by atoms with Crippen LogP contribution in [0.2, 0.25) is 0 Å². The van der Waals surface area contributed by atoms with Crippen molar-refractivity contribution in [1.29, 1.82) is 0 Å². The van der Waals surface area contributed by atoms with Gasteiger partial charge in [0.1, 0.15) is 0 Å². The third kappa shape index (κ3) is 5.45. The summed E-state index contributed by atoms with van der Waals surface area (Å²) in [5.41, 5.74) is 1.20. The largest absolute Gasteiger partial charge is 0.323 e. The van der Waals surface area contributed by atoms with E-state index in [2.05, 4.69) is 5.32 Å². The van der Waals surface area contributed by atoms with Gasteiger partial charge >= 0.3 is 0 Å². The molecule has 0 radical (unpaired) electrons. The molecule has 0 saturated carbocycles. The van der Waals surface area contributed by atoms with Crippen molar-refractivity contribution in [2.45, 2.75) is 16.4 Å². The summed E-state index contributed by atoms with van der Waals surface area (Å²) in [6.07, 6.45) is 0.184. The number of carbonyl (C=O) groups is 1. The number of hydrogen-bond acceptors (Lipinski definition) is 2. The zero-order chi connectivity index (χ0) is 16.0. The molecule has 0 aliphatic rings. The quantitative estimate of drug-likeness (QED) is 0.589. The first-order valence-electron chi connectivity index (χ1n) is 6.75. The second-order valence-corrected chi connectivity index (χ2v) is 8.05. The number of rotatable bonds is 6. The van der Waals surface area contributed by atoms with Crippen LogP contribution in [0.1, 0.15) is 15.2 Å². The highest BCUT2D eigenvalue weighted by atomic mass is 35.6. The molecule has 0 aliphatic heterocycles. The molecule has 0 fully saturated rings. The second kappa shape index (κ2) is 8.18. The van der Waals surface area contributed by atoms with Crippen molar-refractivity contribution in [3.8, 4) is 0 Å². The number of halogens is 3. The fourth-order valence-electron chi connectivity index (χ4n) is 1.96. The molecule has 0 saturated heterocycles. The number of carbonyl (C=O) groups excluding carboxylic acids is 1. The maximum atomic E-state index is 12.1. The zero-order valence-corrected chi connectivity index (χ0v) is 14.7. The minimum Gasteiger partial charge on any atom is -0.323 e. The van der Waals surface area contributed by atoms with Gasteiger partial charge in [0.05, 0.1) is 11.4 Å². The average molecular weight is 379 g/mol. The molecule has 1 amide bonds. The first-order valence-corrected chi connectivity index (χ1v) is 8.76. The Morgan fingerprint density at radius 3 is 2.50 bits per heavy atom. The minimum absolute atomic E-state index is 0.234. The number of alkyl halides is 3. The first-order chi connectivity index (χ1) is 10.5. The molecule has 2 aromatic rings. The third-order valence-corrected chi connectivity index (χ3v) is 4.64. The van der Waals surface area contributed by atoms with E-state index in [4.69, 9.17) is 34.8 Å². The van der Waals surface area contributed by atoms with Gasteiger partial charge in [-0.2, -0.15) is 0 Å². The number of hydrogen-bond donors (Lipinski definition) is 2. The summed E-state index contributed by atoms with van der Waals surface area (Å²) in [4.78, 5) is 12.7. The van der Waals surface area contributed by atoms with E-state index in [0.717, 1.165) is 6.42 Å². The predicted molar refractivity (Wildman–Crippen MR) is 92.8 cm³/mol. The van der Waals surface area contributed by atoms with E-state index in [0.29, 0.717) is 11.4 Å². The van der Waals surface area contributed by atoms with Crippen molar-refractivity contribution < 1.29 is 10.1 Å². The van der Waals surface area contributed by atoms with E-state index >= 15 is 0 Å². The van der Waals surface area contributed by atoms with Crippen LogP contribution in [-0.4, -0.2) is 22.4 Å². The molecular weight excluding hydrogens is 363 g/mol. The molecule has 0 spiro atoms. The summed E-state index contributed by atoms with van der Waals surface area (Å²) < 4.78 is -1.58. The average Bonchev–Trinajstić information content (AvgIpc) is 3.00. The highest BCUT2D eigenvalue weighted by Crippen LogP contribution is 2.27. The van der Waals surface area contributed by atoms with Gasteiger partial charge in [-0.1, -0.05) is 71.2 Å². The van der Waals surface area contributed by atoms with Crippen LogP contribution in [0.25, 0.3) is 0 Å². The van der Waals surface area contributed by atoms with Crippen LogP contribution in [0.3, 0.4) is 0 Å². The molecule has 0 aliphatic carbocycles. The standard InChI is InChI=1S/C15H15Cl3N2OS/c16-15(17,18)14(20-13(21)12-7-4-10-22-12)19-9-8-11-5-2-1-3-6-11/h1-7,10,14,19H,8-9H2,(H,20,21)/p+1/t14-/m0/s1. The van der Waals surface area contributed by atoms with Crippen LogP contribution in [0, 0.1) is 0 Å². The van der Waals surface area contributed by atoms with Gasteiger partial charge in [0.15, 0.2) is 0 Å². The SMILES string of the molecule is O=C(N[C@H]([NH2+]CCc1ccccc1)C(Cl)(Cl)Cl)c1cccs1. The Bertz CT molecular complexity index is 585. The Hall–Kier alpha value is -0.780. The number of nitrogens with two attached hydrogens (primary N) is 1. The number of quaternary nitrogens is 1. The lowest BCUT2D eigenvalue weighted by molar-refractivity contribution is -0.691. The van der Waals surface area contributed by atoms with E-state index in [1.165, 1.54) is 16.9 Å². The summed E-state index contributed by atoms with van der Waals surface area (Å²) in [6.45, 7) is 0.702. The normalized spacial score (nSPS) is 12.9. The summed E-state index contributed by atoms with van der Waals surface area (Å²) in [6, 6.07) is 13.6. The summed E-state index contributed by atoms with van der Waals surface area (Å²) in [7, 11) is 0. The summed E-state index contributed by atoms with van der Waals surface area (Å²) in [5, 5.41) is 6.44. The van der Waals surface area contributed by atoms with E-state index in [9.17, 15) is 4.79 Å². The van der Waals surface area contributed by atoms with Crippen LogP contribution in [0.5, 0.6) is 0 Å². The van der Waals surface area contributed by atoms with Crippen molar-refractivity contribution >= 4 is 52.0 Å². The van der Waals surface area contributed by atoms with E-state index in [1.54, 1.807) is 6.07 Å². The number of thiophene rings is 1. The van der Waals surface area contributed by atoms with Crippen LogP contribution >= 0.6 is 46.1 Å². The minimum atomic E-state index is -1.58. The Morgan fingerprint density at radius 2 is 1.91 bits per heavy atom. The zero-order valence-electron chi connectivity index (χ0n) is 11.6. The van der Waals surface area contributed by atoms with Gasteiger partial charge in [-0.3, -0.25) is 10.1 Å². The molecule has 2 rings (SSSR count). The van der Waals surface area contributed by atoms with Gasteiger partial charge in [-0.15, -0.1) is 11.3 Å². The van der Waals surface area contributed by atoms with Crippen molar-refractivity contribution in [2.75, 3.05) is 6.54 Å². The smallest absolute Gasteiger partial charge is 0.265 e. The van der Waals surface area contributed by atoms with Crippen molar-refractivity contribution in [3.05, 3.63) is 58.3 Å². The van der Waals surface area contributed by atoms with Gasteiger partial charge in [0.25, 0.3) is 9.70 Å².